The number of carbonyl (C=O) groups is 1. The Kier molecular flexibility index (Phi) is 8.21. The molecule has 0 rings (SSSR count). The maximum Gasteiger partial charge on any atom is 0.226 e. The van der Waals surface area contributed by atoms with Gasteiger partial charge in [0.15, 0.2) is 0 Å². The number of rotatable bonds is 8. The predicted molar refractivity (Wildman–Crippen MR) is 66.3 cm³/mol. The van der Waals surface area contributed by atoms with Crippen LogP contribution in [-0.4, -0.2) is 48.2 Å². The molecule has 0 spiro atoms. The second-order valence-electron chi connectivity index (χ2n) is 4.41. The van der Waals surface area contributed by atoms with Crippen LogP contribution in [0.25, 0.3) is 0 Å². The van der Waals surface area contributed by atoms with Crippen LogP contribution in [0.1, 0.15) is 34.1 Å². The third-order valence-electron chi connectivity index (χ3n) is 2.59. The molecule has 0 aromatic carbocycles. The van der Waals surface area contributed by atoms with E-state index in [1.54, 1.807) is 0 Å². The van der Waals surface area contributed by atoms with Crippen molar-refractivity contribution in [2.24, 2.45) is 5.92 Å². The first-order valence-corrected chi connectivity index (χ1v) is 6.16. The molecular weight excluding hydrogens is 204 g/mol. The smallest absolute Gasteiger partial charge is 0.226 e. The van der Waals surface area contributed by atoms with Gasteiger partial charge in [0.25, 0.3) is 0 Å². The van der Waals surface area contributed by atoms with Gasteiger partial charge in [-0.05, 0) is 26.8 Å². The van der Waals surface area contributed by atoms with Gasteiger partial charge in [0.05, 0.1) is 0 Å². The van der Waals surface area contributed by atoms with Crippen LogP contribution in [0.4, 0.5) is 0 Å². The zero-order chi connectivity index (χ0) is 12.6. The summed E-state index contributed by atoms with van der Waals surface area (Å²) in [6, 6.07) is 0.197. The Morgan fingerprint density at radius 3 is 2.44 bits per heavy atom. The van der Waals surface area contributed by atoms with Gasteiger partial charge in [-0.15, -0.1) is 0 Å². The van der Waals surface area contributed by atoms with Crippen molar-refractivity contribution in [3.63, 3.8) is 0 Å². The molecule has 0 aliphatic rings. The van der Waals surface area contributed by atoms with Gasteiger partial charge in [0.2, 0.25) is 5.91 Å². The highest BCUT2D eigenvalue weighted by atomic mass is 16.3. The normalized spacial score (nSPS) is 12.9. The molecule has 0 aromatic heterocycles. The molecule has 0 heterocycles. The molecule has 1 amide bonds. The van der Waals surface area contributed by atoms with Gasteiger partial charge in [0.1, 0.15) is 0 Å². The Balaban J connectivity index is 4.24. The molecule has 0 bridgehead atoms. The summed E-state index contributed by atoms with van der Waals surface area (Å²) in [5.41, 5.74) is 0. The van der Waals surface area contributed by atoms with Crippen LogP contribution < -0.4 is 5.32 Å². The average Bonchev–Trinajstić information content (AvgIpc) is 2.25. The molecule has 2 N–H and O–H groups in total. The second kappa shape index (κ2) is 8.53. The molecule has 0 radical (unpaired) electrons. The van der Waals surface area contributed by atoms with Gasteiger partial charge in [-0.2, -0.15) is 0 Å². The van der Waals surface area contributed by atoms with E-state index < -0.39 is 0 Å². The average molecular weight is 230 g/mol. The Morgan fingerprint density at radius 2 is 2.00 bits per heavy atom. The molecular formula is C12H26N2O2. The number of nitrogens with one attached hydrogen (secondary N) is 1. The fourth-order valence-electron chi connectivity index (χ4n) is 1.60. The Bertz CT molecular complexity index is 195. The van der Waals surface area contributed by atoms with Crippen molar-refractivity contribution >= 4 is 5.91 Å². The van der Waals surface area contributed by atoms with Gasteiger partial charge in [-0.3, -0.25) is 4.79 Å². The van der Waals surface area contributed by atoms with E-state index >= 15 is 0 Å². The van der Waals surface area contributed by atoms with Gasteiger partial charge >= 0.3 is 0 Å². The number of nitrogens with zero attached hydrogens (tertiary/aromatic N) is 1. The number of aliphatic hydroxyl groups is 1. The summed E-state index contributed by atoms with van der Waals surface area (Å²) in [7, 11) is 0. The highest BCUT2D eigenvalue weighted by Gasteiger charge is 2.21. The fourth-order valence-corrected chi connectivity index (χ4v) is 1.60. The number of amides is 1. The van der Waals surface area contributed by atoms with Crippen LogP contribution in [-0.2, 0) is 4.79 Å². The monoisotopic (exact) mass is 230 g/mol. The summed E-state index contributed by atoms with van der Waals surface area (Å²) >= 11 is 0. The first kappa shape index (κ1) is 15.4. The van der Waals surface area contributed by atoms with Crippen molar-refractivity contribution < 1.29 is 9.90 Å². The lowest BCUT2D eigenvalue weighted by Crippen LogP contribution is -2.43. The summed E-state index contributed by atoms with van der Waals surface area (Å²) in [5, 5.41) is 12.0. The SMILES string of the molecule is CCNCC(C)C(=O)N(CCCO)C(C)C. The number of carbonyl (C=O) groups excluding carboxylic acids is 1. The Labute approximate surface area is 99.0 Å². The third-order valence-corrected chi connectivity index (χ3v) is 2.59. The van der Waals surface area contributed by atoms with Gasteiger partial charge < -0.3 is 15.3 Å². The first-order valence-electron chi connectivity index (χ1n) is 6.16. The summed E-state index contributed by atoms with van der Waals surface area (Å²) in [4.78, 5) is 13.9. The third kappa shape index (κ3) is 5.47. The van der Waals surface area contributed by atoms with Crippen LogP contribution in [0, 0.1) is 5.92 Å². The highest BCUT2D eigenvalue weighted by molar-refractivity contribution is 5.79. The number of hydrogen-bond acceptors (Lipinski definition) is 3. The predicted octanol–water partition coefficient (Wildman–Crippen LogP) is 0.851. The molecule has 16 heavy (non-hydrogen) atoms. The Hall–Kier alpha value is -0.610. The molecule has 1 unspecified atom stereocenters. The molecule has 1 atom stereocenters. The van der Waals surface area contributed by atoms with E-state index in [-0.39, 0.29) is 24.5 Å². The van der Waals surface area contributed by atoms with Crippen molar-refractivity contribution in [2.45, 2.75) is 40.2 Å². The standard InChI is InChI=1S/C12H26N2O2/c1-5-13-9-11(4)12(16)14(10(2)3)7-6-8-15/h10-11,13,15H,5-9H2,1-4H3. The molecule has 0 saturated heterocycles. The lowest BCUT2D eigenvalue weighted by Gasteiger charge is -2.29. The molecule has 4 nitrogen and oxygen atoms in total. The maximum absolute atomic E-state index is 12.1. The van der Waals surface area contributed by atoms with E-state index in [1.807, 2.05) is 32.6 Å². The molecule has 0 aromatic rings. The topological polar surface area (TPSA) is 52.6 Å². The zero-order valence-corrected chi connectivity index (χ0v) is 11.0. The largest absolute Gasteiger partial charge is 0.396 e. The molecule has 0 fully saturated rings. The van der Waals surface area contributed by atoms with E-state index in [2.05, 4.69) is 5.32 Å². The van der Waals surface area contributed by atoms with Crippen molar-refractivity contribution in [1.29, 1.82) is 0 Å². The van der Waals surface area contributed by atoms with Gasteiger partial charge in [-0.1, -0.05) is 13.8 Å². The summed E-state index contributed by atoms with van der Waals surface area (Å²) in [6.45, 7) is 10.4. The van der Waals surface area contributed by atoms with Crippen LogP contribution in [0.5, 0.6) is 0 Å². The van der Waals surface area contributed by atoms with Crippen molar-refractivity contribution in [3.8, 4) is 0 Å². The molecule has 0 aliphatic heterocycles. The van der Waals surface area contributed by atoms with Crippen LogP contribution in [0.3, 0.4) is 0 Å². The van der Waals surface area contributed by atoms with Crippen molar-refractivity contribution in [2.75, 3.05) is 26.2 Å². The minimum atomic E-state index is 0.000966. The Morgan fingerprint density at radius 1 is 1.38 bits per heavy atom. The summed E-state index contributed by atoms with van der Waals surface area (Å²) in [5.74, 6) is 0.172. The fraction of sp³-hybridized carbons (Fsp3) is 0.917. The lowest BCUT2D eigenvalue weighted by atomic mass is 10.1. The second-order valence-corrected chi connectivity index (χ2v) is 4.41. The van der Waals surface area contributed by atoms with E-state index in [1.165, 1.54) is 0 Å². The van der Waals surface area contributed by atoms with Crippen molar-refractivity contribution in [1.82, 2.24) is 10.2 Å². The molecule has 0 aliphatic carbocycles. The van der Waals surface area contributed by atoms with E-state index in [4.69, 9.17) is 5.11 Å². The summed E-state index contributed by atoms with van der Waals surface area (Å²) in [6.07, 6.45) is 0.651. The van der Waals surface area contributed by atoms with E-state index in [0.717, 1.165) is 13.1 Å². The minimum Gasteiger partial charge on any atom is -0.396 e. The zero-order valence-electron chi connectivity index (χ0n) is 11.0. The number of hydrogen-bond donors (Lipinski definition) is 2. The quantitative estimate of drug-likeness (QED) is 0.650. The van der Waals surface area contributed by atoms with Gasteiger partial charge in [-0.25, -0.2) is 0 Å². The molecule has 0 saturated carbocycles. The first-order chi connectivity index (χ1) is 7.54. The van der Waals surface area contributed by atoms with Crippen molar-refractivity contribution in [3.05, 3.63) is 0 Å². The molecule has 4 heteroatoms. The van der Waals surface area contributed by atoms with E-state index in [9.17, 15) is 4.79 Å². The number of aliphatic hydroxyl groups excluding tert-OH is 1. The van der Waals surface area contributed by atoms with E-state index in [0.29, 0.717) is 13.0 Å². The lowest BCUT2D eigenvalue weighted by molar-refractivity contribution is -0.136. The summed E-state index contributed by atoms with van der Waals surface area (Å²) < 4.78 is 0. The maximum atomic E-state index is 12.1. The molecule has 96 valence electrons. The minimum absolute atomic E-state index is 0.000966. The highest BCUT2D eigenvalue weighted by Crippen LogP contribution is 2.07. The van der Waals surface area contributed by atoms with Crippen LogP contribution in [0.2, 0.25) is 0 Å². The van der Waals surface area contributed by atoms with Crippen LogP contribution in [0.15, 0.2) is 0 Å². The van der Waals surface area contributed by atoms with Crippen LogP contribution >= 0.6 is 0 Å². The van der Waals surface area contributed by atoms with Gasteiger partial charge in [0, 0.05) is 31.7 Å².